The van der Waals surface area contributed by atoms with Crippen LogP contribution in [0.25, 0.3) is 0 Å². The summed E-state index contributed by atoms with van der Waals surface area (Å²) < 4.78 is 5.29. The minimum absolute atomic E-state index is 0.0142. The van der Waals surface area contributed by atoms with E-state index < -0.39 is 6.10 Å². The number of hydrogen-bond acceptors (Lipinski definition) is 3. The molecular weight excluding hydrogens is 230 g/mol. The van der Waals surface area contributed by atoms with Gasteiger partial charge in [0.15, 0.2) is 0 Å². The summed E-state index contributed by atoms with van der Waals surface area (Å²) >= 11 is 0. The molecule has 0 bridgehead atoms. The van der Waals surface area contributed by atoms with E-state index in [1.165, 1.54) is 0 Å². The van der Waals surface area contributed by atoms with Crippen LogP contribution >= 0.6 is 0 Å². The molecule has 4 heteroatoms. The van der Waals surface area contributed by atoms with E-state index in [9.17, 15) is 9.90 Å². The summed E-state index contributed by atoms with van der Waals surface area (Å²) in [5.74, 6) is 1.36. The van der Waals surface area contributed by atoms with E-state index in [4.69, 9.17) is 4.42 Å². The summed E-state index contributed by atoms with van der Waals surface area (Å²) in [5.41, 5.74) is 0. The Morgan fingerprint density at radius 2 is 2.44 bits per heavy atom. The first-order valence-corrected chi connectivity index (χ1v) is 6.62. The number of nitrogens with one attached hydrogen (secondary N) is 1. The molecule has 1 aromatic heterocycles. The smallest absolute Gasteiger partial charge is 0.223 e. The predicted octanol–water partition coefficient (Wildman–Crippen LogP) is 1.91. The molecule has 0 spiro atoms. The van der Waals surface area contributed by atoms with Crippen LogP contribution in [0.1, 0.15) is 38.4 Å². The molecule has 1 aliphatic rings. The molecular formula is C14H21NO3. The van der Waals surface area contributed by atoms with Crippen molar-refractivity contribution in [1.82, 2.24) is 5.32 Å². The van der Waals surface area contributed by atoms with Gasteiger partial charge in [-0.05, 0) is 24.5 Å². The largest absolute Gasteiger partial charge is 0.469 e. The molecule has 1 amide bonds. The molecule has 0 saturated heterocycles. The number of amides is 1. The predicted molar refractivity (Wildman–Crippen MR) is 68.0 cm³/mol. The monoisotopic (exact) mass is 251 g/mol. The lowest BCUT2D eigenvalue weighted by atomic mass is 10.0. The summed E-state index contributed by atoms with van der Waals surface area (Å²) in [6.07, 6.45) is 2.93. The number of hydrogen-bond donors (Lipinski definition) is 2. The molecule has 1 aromatic rings. The summed E-state index contributed by atoms with van der Waals surface area (Å²) in [4.78, 5) is 11.9. The zero-order chi connectivity index (χ0) is 13.1. The zero-order valence-electron chi connectivity index (χ0n) is 10.9. The van der Waals surface area contributed by atoms with Crippen LogP contribution in [0.15, 0.2) is 22.8 Å². The van der Waals surface area contributed by atoms with Gasteiger partial charge in [-0.3, -0.25) is 4.79 Å². The van der Waals surface area contributed by atoms with Crippen LogP contribution in [0, 0.1) is 11.8 Å². The van der Waals surface area contributed by atoms with Crippen LogP contribution in [-0.4, -0.2) is 23.7 Å². The number of rotatable bonds is 6. The Morgan fingerprint density at radius 3 is 3.06 bits per heavy atom. The van der Waals surface area contributed by atoms with E-state index in [1.807, 2.05) is 26.0 Å². The Morgan fingerprint density at radius 1 is 1.67 bits per heavy atom. The molecule has 1 saturated carbocycles. The van der Waals surface area contributed by atoms with Crippen LogP contribution in [0.2, 0.25) is 0 Å². The van der Waals surface area contributed by atoms with E-state index in [1.54, 1.807) is 6.26 Å². The minimum atomic E-state index is -0.459. The molecule has 2 rings (SSSR count). The van der Waals surface area contributed by atoms with Gasteiger partial charge in [-0.15, -0.1) is 0 Å². The van der Waals surface area contributed by atoms with Gasteiger partial charge in [0.05, 0.1) is 12.4 Å². The molecule has 4 unspecified atom stereocenters. The third-order valence-corrected chi connectivity index (χ3v) is 3.82. The van der Waals surface area contributed by atoms with Gasteiger partial charge in [0.2, 0.25) is 5.91 Å². The Labute approximate surface area is 107 Å². The quantitative estimate of drug-likeness (QED) is 0.811. The Balaban J connectivity index is 1.74. The Hall–Kier alpha value is -1.29. The van der Waals surface area contributed by atoms with Crippen LogP contribution in [-0.2, 0) is 4.79 Å². The van der Waals surface area contributed by atoms with Gasteiger partial charge in [0, 0.05) is 18.4 Å². The van der Waals surface area contributed by atoms with Crippen molar-refractivity contribution >= 4 is 5.91 Å². The van der Waals surface area contributed by atoms with Gasteiger partial charge in [-0.2, -0.15) is 0 Å². The molecule has 2 N–H and O–H groups in total. The van der Waals surface area contributed by atoms with Gasteiger partial charge in [0.1, 0.15) is 5.76 Å². The molecule has 1 fully saturated rings. The second-order valence-corrected chi connectivity index (χ2v) is 5.16. The molecule has 1 aliphatic carbocycles. The molecule has 100 valence electrons. The van der Waals surface area contributed by atoms with Crippen molar-refractivity contribution in [2.75, 3.05) is 6.54 Å². The number of carbonyl (C=O) groups excluding carboxylic acids is 1. The minimum Gasteiger partial charge on any atom is -0.469 e. The van der Waals surface area contributed by atoms with Crippen molar-refractivity contribution in [3.63, 3.8) is 0 Å². The second kappa shape index (κ2) is 5.57. The van der Waals surface area contributed by atoms with Crippen molar-refractivity contribution in [2.45, 2.75) is 38.7 Å². The molecule has 4 atom stereocenters. The Kier molecular flexibility index (Phi) is 4.07. The van der Waals surface area contributed by atoms with Gasteiger partial charge < -0.3 is 14.8 Å². The van der Waals surface area contributed by atoms with E-state index in [0.29, 0.717) is 6.54 Å². The molecule has 18 heavy (non-hydrogen) atoms. The zero-order valence-corrected chi connectivity index (χ0v) is 10.9. The van der Waals surface area contributed by atoms with E-state index in [0.717, 1.165) is 18.6 Å². The summed E-state index contributed by atoms with van der Waals surface area (Å²) in [7, 11) is 0. The lowest BCUT2D eigenvalue weighted by Crippen LogP contribution is -2.36. The molecule has 4 nitrogen and oxygen atoms in total. The maximum absolute atomic E-state index is 11.9. The van der Waals surface area contributed by atoms with Crippen molar-refractivity contribution in [1.29, 1.82) is 0 Å². The van der Waals surface area contributed by atoms with Gasteiger partial charge >= 0.3 is 0 Å². The first-order chi connectivity index (χ1) is 8.63. The van der Waals surface area contributed by atoms with E-state index in [-0.39, 0.29) is 23.7 Å². The van der Waals surface area contributed by atoms with Crippen molar-refractivity contribution in [2.24, 2.45) is 11.8 Å². The Bertz CT molecular complexity index is 388. The second-order valence-electron chi connectivity index (χ2n) is 5.16. The fourth-order valence-corrected chi connectivity index (χ4v) is 2.11. The summed E-state index contributed by atoms with van der Waals surface area (Å²) in [6, 6.07) is 3.75. The fraction of sp³-hybridized carbons (Fsp3) is 0.643. The molecule has 1 heterocycles. The van der Waals surface area contributed by atoms with Crippen LogP contribution in [0.3, 0.4) is 0 Å². The van der Waals surface area contributed by atoms with Crippen molar-refractivity contribution in [3.05, 3.63) is 24.2 Å². The summed E-state index contributed by atoms with van der Waals surface area (Å²) in [6.45, 7) is 4.36. The number of aliphatic hydroxyl groups excluding tert-OH is 1. The van der Waals surface area contributed by atoms with E-state index in [2.05, 4.69) is 5.32 Å². The maximum atomic E-state index is 11.9. The highest BCUT2D eigenvalue weighted by atomic mass is 16.3. The molecule has 0 aliphatic heterocycles. The van der Waals surface area contributed by atoms with Gasteiger partial charge in [-0.1, -0.05) is 20.3 Å². The standard InChI is InChI=1S/C14H21NO3/c1-3-9(2)12(16)8-15-14(17)11-7-10(11)13-5-4-6-18-13/h4-6,9-12,16H,3,7-8H2,1-2H3,(H,15,17). The molecule has 0 radical (unpaired) electrons. The van der Waals surface area contributed by atoms with Gasteiger partial charge in [0.25, 0.3) is 0 Å². The first kappa shape index (κ1) is 13.1. The normalized spacial score (nSPS) is 25.5. The lowest BCUT2D eigenvalue weighted by molar-refractivity contribution is -0.123. The number of carbonyl (C=O) groups is 1. The van der Waals surface area contributed by atoms with Crippen LogP contribution in [0.4, 0.5) is 0 Å². The lowest BCUT2D eigenvalue weighted by Gasteiger charge is -2.17. The van der Waals surface area contributed by atoms with Crippen LogP contribution in [0.5, 0.6) is 0 Å². The topological polar surface area (TPSA) is 62.5 Å². The highest BCUT2D eigenvalue weighted by molar-refractivity contribution is 5.82. The van der Waals surface area contributed by atoms with Crippen molar-refractivity contribution < 1.29 is 14.3 Å². The highest BCUT2D eigenvalue weighted by Crippen LogP contribution is 2.47. The number of furan rings is 1. The van der Waals surface area contributed by atoms with Gasteiger partial charge in [-0.25, -0.2) is 0 Å². The SMILES string of the molecule is CCC(C)C(O)CNC(=O)C1CC1c1ccco1. The first-order valence-electron chi connectivity index (χ1n) is 6.62. The van der Waals surface area contributed by atoms with Crippen molar-refractivity contribution in [3.8, 4) is 0 Å². The fourth-order valence-electron chi connectivity index (χ4n) is 2.11. The third-order valence-electron chi connectivity index (χ3n) is 3.82. The summed E-state index contributed by atoms with van der Waals surface area (Å²) in [5, 5.41) is 12.6. The average molecular weight is 251 g/mol. The van der Waals surface area contributed by atoms with Crippen LogP contribution < -0.4 is 5.32 Å². The highest BCUT2D eigenvalue weighted by Gasteiger charge is 2.45. The molecule has 0 aromatic carbocycles. The average Bonchev–Trinajstić information content (AvgIpc) is 3.00. The van der Waals surface area contributed by atoms with E-state index >= 15 is 0 Å². The maximum Gasteiger partial charge on any atom is 0.223 e. The third kappa shape index (κ3) is 2.93. The number of aliphatic hydroxyl groups is 1.